The number of hydrogen-bond acceptors (Lipinski definition) is 13. The quantitative estimate of drug-likeness (QED) is 0.0135. The average Bonchev–Trinajstić information content (AvgIpc) is 3.49. The molecule has 0 aromatic carbocycles. The summed E-state index contributed by atoms with van der Waals surface area (Å²) < 4.78 is 47.8. The summed E-state index contributed by atoms with van der Waals surface area (Å²) in [4.78, 5) is 53.0. The predicted molar refractivity (Wildman–Crippen MR) is 236 cm³/mol. The molecule has 1 aliphatic rings. The van der Waals surface area contributed by atoms with Crippen LogP contribution in [0.15, 0.2) is 48.6 Å². The second-order valence-electron chi connectivity index (χ2n) is 16.0. The van der Waals surface area contributed by atoms with Gasteiger partial charge in [0.15, 0.2) is 6.10 Å². The van der Waals surface area contributed by atoms with Crippen molar-refractivity contribution in [1.82, 2.24) is 0 Å². The van der Waals surface area contributed by atoms with Crippen molar-refractivity contribution in [2.75, 3.05) is 26.4 Å². The molecule has 0 radical (unpaired) electrons. The van der Waals surface area contributed by atoms with Crippen molar-refractivity contribution in [3.63, 3.8) is 0 Å². The summed E-state index contributed by atoms with van der Waals surface area (Å²) in [7, 11) is -9.81. The second-order valence-corrected chi connectivity index (χ2v) is 18.6. The van der Waals surface area contributed by atoms with Crippen molar-refractivity contribution in [3.05, 3.63) is 48.6 Å². The number of phosphoric ester groups is 2. The zero-order valence-electron chi connectivity index (χ0n) is 37.0. The normalized spacial score (nSPS) is 21.0. The number of unbranched alkanes of at least 4 members (excludes halogenated alkanes) is 12. The van der Waals surface area contributed by atoms with E-state index in [4.69, 9.17) is 23.8 Å². The van der Waals surface area contributed by atoms with Crippen molar-refractivity contribution in [1.29, 1.82) is 0 Å². The molecule has 16 nitrogen and oxygen atoms in total. The van der Waals surface area contributed by atoms with E-state index in [9.17, 15) is 44.0 Å². The van der Waals surface area contributed by atoms with E-state index in [1.165, 1.54) is 25.3 Å². The van der Waals surface area contributed by atoms with Gasteiger partial charge in [-0.1, -0.05) is 127 Å². The van der Waals surface area contributed by atoms with Crippen LogP contribution in [0.5, 0.6) is 0 Å². The van der Waals surface area contributed by atoms with Gasteiger partial charge in [0, 0.05) is 18.8 Å². The van der Waals surface area contributed by atoms with E-state index >= 15 is 0 Å². The topological polar surface area (TPSA) is 256 Å². The lowest BCUT2D eigenvalue weighted by Crippen LogP contribution is -2.29. The van der Waals surface area contributed by atoms with Gasteiger partial charge in [-0.3, -0.25) is 23.2 Å². The van der Waals surface area contributed by atoms with Gasteiger partial charge in [0.1, 0.15) is 12.7 Å². The monoisotopic (exact) mass is 924 g/mol. The molecule has 8 atom stereocenters. The van der Waals surface area contributed by atoms with Gasteiger partial charge < -0.3 is 44.6 Å². The average molecular weight is 925 g/mol. The molecule has 0 bridgehead atoms. The molecule has 1 rings (SSSR count). The minimum Gasteiger partial charge on any atom is -0.462 e. The van der Waals surface area contributed by atoms with Crippen molar-refractivity contribution in [2.24, 2.45) is 11.8 Å². The maximum Gasteiger partial charge on any atom is 0.472 e. The van der Waals surface area contributed by atoms with Crippen LogP contribution < -0.4 is 0 Å². The van der Waals surface area contributed by atoms with Gasteiger partial charge >= 0.3 is 27.6 Å². The molecule has 0 aromatic rings. The predicted octanol–water partition coefficient (Wildman–Crippen LogP) is 7.83. The Morgan fingerprint density at radius 1 is 0.677 bits per heavy atom. The van der Waals surface area contributed by atoms with Crippen LogP contribution in [0.4, 0.5) is 0 Å². The summed E-state index contributed by atoms with van der Waals surface area (Å²) in [6.07, 6.45) is 28.0. The van der Waals surface area contributed by atoms with Gasteiger partial charge in [-0.2, -0.15) is 0 Å². The van der Waals surface area contributed by atoms with Gasteiger partial charge in [-0.05, 0) is 57.3 Å². The fraction of sp³-hybridized carbons (Fsp3) is 0.773. The van der Waals surface area contributed by atoms with Crippen molar-refractivity contribution in [2.45, 2.75) is 179 Å². The van der Waals surface area contributed by atoms with Gasteiger partial charge in [0.25, 0.3) is 0 Å². The minimum absolute atomic E-state index is 0.119. The molecular weight excluding hydrogens is 846 g/mol. The number of ether oxygens (including phenoxy) is 2. The third kappa shape index (κ3) is 31.7. The van der Waals surface area contributed by atoms with E-state index in [2.05, 4.69) is 47.2 Å². The Labute approximate surface area is 369 Å². The van der Waals surface area contributed by atoms with Crippen LogP contribution >= 0.6 is 15.6 Å². The fourth-order valence-corrected chi connectivity index (χ4v) is 7.92. The first-order chi connectivity index (χ1) is 29.6. The number of rotatable bonds is 38. The molecule has 7 N–H and O–H groups in total. The number of aliphatic hydroxyl groups is 4. The summed E-state index contributed by atoms with van der Waals surface area (Å²) in [6, 6.07) is 0. The van der Waals surface area contributed by atoms with Gasteiger partial charge in [0.05, 0.1) is 44.6 Å². The number of allylic oxidation sites excluding steroid dienone is 5. The van der Waals surface area contributed by atoms with E-state index < -0.39 is 90.4 Å². The zero-order valence-corrected chi connectivity index (χ0v) is 38.8. The summed E-state index contributed by atoms with van der Waals surface area (Å²) in [5, 5.41) is 41.2. The first-order valence-corrected chi connectivity index (χ1v) is 25.6. The van der Waals surface area contributed by atoms with Gasteiger partial charge in [0.2, 0.25) is 0 Å². The lowest BCUT2D eigenvalue weighted by Gasteiger charge is -2.20. The Morgan fingerprint density at radius 3 is 1.94 bits per heavy atom. The zero-order chi connectivity index (χ0) is 46.1. The summed E-state index contributed by atoms with van der Waals surface area (Å²) in [5.41, 5.74) is 0. The molecule has 0 aliphatic heterocycles. The first-order valence-electron chi connectivity index (χ1n) is 22.6. The summed E-state index contributed by atoms with van der Waals surface area (Å²) >= 11 is 0. The third-order valence-corrected chi connectivity index (χ3v) is 11.7. The fourth-order valence-electron chi connectivity index (χ4n) is 6.76. The van der Waals surface area contributed by atoms with Crippen LogP contribution in [-0.2, 0) is 41.8 Å². The van der Waals surface area contributed by atoms with E-state index in [0.717, 1.165) is 77.0 Å². The molecule has 0 aromatic heterocycles. The summed E-state index contributed by atoms with van der Waals surface area (Å²) in [5.74, 6) is -2.09. The molecule has 360 valence electrons. The molecule has 0 heterocycles. The third-order valence-electron chi connectivity index (χ3n) is 10.3. The van der Waals surface area contributed by atoms with E-state index in [0.29, 0.717) is 19.3 Å². The molecule has 0 spiro atoms. The molecule has 1 saturated carbocycles. The molecular formula is C44H78O16P2. The van der Waals surface area contributed by atoms with E-state index in [1.807, 2.05) is 0 Å². The lowest BCUT2D eigenvalue weighted by molar-refractivity contribution is -0.160. The van der Waals surface area contributed by atoms with Crippen LogP contribution in [0.3, 0.4) is 0 Å². The molecule has 1 aliphatic carbocycles. The van der Waals surface area contributed by atoms with Crippen LogP contribution in [0.1, 0.15) is 149 Å². The smallest absolute Gasteiger partial charge is 0.462 e. The maximum atomic E-state index is 12.8. The highest BCUT2D eigenvalue weighted by Crippen LogP contribution is 2.44. The molecule has 0 saturated heterocycles. The highest BCUT2D eigenvalue weighted by atomic mass is 31.2. The Morgan fingerprint density at radius 2 is 1.27 bits per heavy atom. The molecule has 18 heteroatoms. The number of carbonyl (C=O) groups excluding carboxylic acids is 2. The second kappa shape index (κ2) is 35.2. The van der Waals surface area contributed by atoms with Gasteiger partial charge in [-0.25, -0.2) is 9.13 Å². The van der Waals surface area contributed by atoms with Crippen LogP contribution in [0.25, 0.3) is 0 Å². The first kappa shape index (κ1) is 58.0. The number of phosphoric acid groups is 2. The number of aliphatic hydroxyl groups excluding tert-OH is 4. The number of carbonyl (C=O) groups is 2. The van der Waals surface area contributed by atoms with Crippen LogP contribution in [-0.4, -0.2) is 104 Å². The van der Waals surface area contributed by atoms with Crippen LogP contribution in [0, 0.1) is 11.8 Å². The largest absolute Gasteiger partial charge is 0.472 e. The van der Waals surface area contributed by atoms with Gasteiger partial charge in [-0.15, -0.1) is 0 Å². The molecule has 1 unspecified atom stereocenters. The highest BCUT2D eigenvalue weighted by molar-refractivity contribution is 7.47. The van der Waals surface area contributed by atoms with Crippen molar-refractivity contribution in [3.8, 4) is 0 Å². The Hall–Kier alpha value is -2.04. The maximum absolute atomic E-state index is 12.8. The molecule has 1 fully saturated rings. The SMILES string of the molecule is CCCCC/C=C\C/C=C\CCCCCCCCCC(=O)OC[C@H](COP(=O)(O)OC[C@@H](O)COP(=O)(O)O)OC(=O)C/C=C\C[C@H]1[C@@H](/C=C/[C@H](O)CCCCC)[C@H](O)C[C@@H]1O. The van der Waals surface area contributed by atoms with Crippen molar-refractivity contribution < 1.29 is 76.9 Å². The Bertz CT molecular complexity index is 1400. The Kier molecular flexibility index (Phi) is 33.0. The van der Waals surface area contributed by atoms with E-state index in [-0.39, 0.29) is 25.2 Å². The van der Waals surface area contributed by atoms with Crippen molar-refractivity contribution >= 4 is 27.6 Å². The van der Waals surface area contributed by atoms with Crippen LogP contribution in [0.2, 0.25) is 0 Å². The lowest BCUT2D eigenvalue weighted by atomic mass is 9.89. The van der Waals surface area contributed by atoms with E-state index in [1.54, 1.807) is 18.2 Å². The number of esters is 2. The number of hydrogen-bond donors (Lipinski definition) is 7. The standard InChI is InChI=1S/C44H78O16P2/c1-3-5-7-8-9-10-11-12-13-14-15-16-17-18-19-20-22-27-43(49)56-34-38(35-59-62(54,55)58-33-37(46)32-57-61(51,52)53)60-44(50)28-24-23-26-39-40(42(48)31-41(39)47)30-29-36(45)25-21-6-4-2/h9-10,12-13,23-24,29-30,36-42,45-48H,3-8,11,14-22,25-28,31-35H2,1-2H3,(H,54,55)(H2,51,52,53)/b10-9-,13-12-,24-23-,30-29+/t36-,37+,38-,39+,40-,41+,42-/m1/s1. The molecule has 62 heavy (non-hydrogen) atoms. The Balaban J connectivity index is 2.61. The molecule has 0 amide bonds. The summed E-state index contributed by atoms with van der Waals surface area (Å²) in [6.45, 7) is 1.24. The minimum atomic E-state index is -4.91. The highest BCUT2D eigenvalue weighted by Gasteiger charge is 2.39.